The van der Waals surface area contributed by atoms with Crippen LogP contribution in [-0.2, 0) is 9.68 Å². The third-order valence-electron chi connectivity index (χ3n) is 1.03. The van der Waals surface area contributed by atoms with Gasteiger partial charge < -0.3 is 10.2 Å². The van der Waals surface area contributed by atoms with Gasteiger partial charge in [-0.2, -0.15) is 0 Å². The van der Waals surface area contributed by atoms with Crippen LogP contribution in [0.15, 0.2) is 0 Å². The predicted octanol–water partition coefficient (Wildman–Crippen LogP) is -0.561. The molecule has 3 N–H and O–H groups in total. The van der Waals surface area contributed by atoms with E-state index in [-0.39, 0.29) is 32.0 Å². The molecule has 0 aliphatic rings. The van der Waals surface area contributed by atoms with Gasteiger partial charge in [0, 0.05) is 10.9 Å². The molecule has 0 fully saturated rings. The van der Waals surface area contributed by atoms with Gasteiger partial charge in [0.05, 0.1) is 26.4 Å². The first-order valence-electron chi connectivity index (χ1n) is 4.55. The average molecular weight is 208 g/mol. The summed E-state index contributed by atoms with van der Waals surface area (Å²) in [7, 11) is 0. The summed E-state index contributed by atoms with van der Waals surface area (Å²) in [6.45, 7) is 5.89. The number of aliphatic hydroxyl groups is 2. The van der Waals surface area contributed by atoms with Gasteiger partial charge in [0.1, 0.15) is 0 Å². The van der Waals surface area contributed by atoms with Gasteiger partial charge in [0.25, 0.3) is 0 Å². The van der Waals surface area contributed by atoms with Crippen LogP contribution in [-0.4, -0.2) is 47.5 Å². The fraction of sp³-hybridized carbons (Fsp3) is 1.00. The fourth-order valence-corrected chi connectivity index (χ4v) is 0.623. The highest BCUT2D eigenvalue weighted by Crippen LogP contribution is 2.01. The van der Waals surface area contributed by atoms with Crippen LogP contribution >= 0.6 is 0 Å². The second kappa shape index (κ2) is 7.10. The SMILES string of the molecule is CC(C)(C)NN(OCCO)OCCO. The lowest BCUT2D eigenvalue weighted by molar-refractivity contribution is -0.407. The summed E-state index contributed by atoms with van der Waals surface area (Å²) in [6.07, 6.45) is 0. The maximum atomic E-state index is 8.55. The maximum Gasteiger partial charge on any atom is 0.0957 e. The molecule has 14 heavy (non-hydrogen) atoms. The second-order valence-electron chi connectivity index (χ2n) is 3.73. The molecule has 0 spiro atoms. The fourth-order valence-electron chi connectivity index (χ4n) is 0.623. The molecule has 0 radical (unpaired) electrons. The highest BCUT2D eigenvalue weighted by atomic mass is 17.0. The molecule has 0 rings (SSSR count). The molecular formula is C8H20N2O4. The first-order chi connectivity index (χ1) is 6.49. The summed E-state index contributed by atoms with van der Waals surface area (Å²) >= 11 is 0. The number of hydrogen-bond donors (Lipinski definition) is 3. The first kappa shape index (κ1) is 13.8. The van der Waals surface area contributed by atoms with E-state index in [1.165, 1.54) is 0 Å². The number of hydrazine groups is 1. The molecule has 86 valence electrons. The average Bonchev–Trinajstić information content (AvgIpc) is 2.07. The minimum absolute atomic E-state index is 0.0925. The van der Waals surface area contributed by atoms with Gasteiger partial charge in [0.15, 0.2) is 0 Å². The van der Waals surface area contributed by atoms with Crippen molar-refractivity contribution in [2.75, 3.05) is 26.4 Å². The van der Waals surface area contributed by atoms with Crippen molar-refractivity contribution in [2.45, 2.75) is 26.3 Å². The van der Waals surface area contributed by atoms with Crippen LogP contribution in [0.25, 0.3) is 0 Å². The number of nitrogens with zero attached hydrogens (tertiary/aromatic N) is 1. The summed E-state index contributed by atoms with van der Waals surface area (Å²) in [5.41, 5.74) is 2.68. The molecule has 6 heteroatoms. The summed E-state index contributed by atoms with van der Waals surface area (Å²) in [6, 6.07) is 0. The van der Waals surface area contributed by atoms with Crippen LogP contribution in [0.3, 0.4) is 0 Å². The Kier molecular flexibility index (Phi) is 6.98. The quantitative estimate of drug-likeness (QED) is 0.487. The molecular weight excluding hydrogens is 188 g/mol. The monoisotopic (exact) mass is 208 g/mol. The van der Waals surface area contributed by atoms with E-state index in [2.05, 4.69) is 5.43 Å². The van der Waals surface area contributed by atoms with E-state index >= 15 is 0 Å². The van der Waals surface area contributed by atoms with Crippen LogP contribution < -0.4 is 5.43 Å². The van der Waals surface area contributed by atoms with Crippen molar-refractivity contribution < 1.29 is 19.9 Å². The highest BCUT2D eigenvalue weighted by molar-refractivity contribution is 4.64. The van der Waals surface area contributed by atoms with Gasteiger partial charge >= 0.3 is 0 Å². The van der Waals surface area contributed by atoms with E-state index in [9.17, 15) is 0 Å². The zero-order chi connectivity index (χ0) is 11.0. The van der Waals surface area contributed by atoms with Crippen LogP contribution in [0.5, 0.6) is 0 Å². The van der Waals surface area contributed by atoms with Crippen molar-refractivity contribution >= 4 is 0 Å². The van der Waals surface area contributed by atoms with Gasteiger partial charge in [-0.05, 0) is 20.8 Å². The van der Waals surface area contributed by atoms with Crippen LogP contribution in [0.1, 0.15) is 20.8 Å². The number of nitrogens with one attached hydrogen (secondary N) is 1. The Morgan fingerprint density at radius 1 is 1.07 bits per heavy atom. The molecule has 0 aromatic heterocycles. The second-order valence-corrected chi connectivity index (χ2v) is 3.73. The van der Waals surface area contributed by atoms with Gasteiger partial charge in [-0.1, -0.05) is 0 Å². The predicted molar refractivity (Wildman–Crippen MR) is 50.8 cm³/mol. The van der Waals surface area contributed by atoms with Crippen molar-refractivity contribution in [2.24, 2.45) is 0 Å². The van der Waals surface area contributed by atoms with Crippen LogP contribution in [0, 0.1) is 0 Å². The molecule has 0 aromatic rings. The smallest absolute Gasteiger partial charge is 0.0957 e. The van der Waals surface area contributed by atoms with Gasteiger partial charge in [-0.15, -0.1) is 0 Å². The Labute approximate surface area is 84.3 Å². The van der Waals surface area contributed by atoms with Crippen LogP contribution in [0.4, 0.5) is 0 Å². The van der Waals surface area contributed by atoms with Gasteiger partial charge in [-0.25, -0.2) is 5.43 Å². The highest BCUT2D eigenvalue weighted by Gasteiger charge is 2.16. The Bertz CT molecular complexity index is 130. The van der Waals surface area contributed by atoms with Crippen molar-refractivity contribution in [3.63, 3.8) is 0 Å². The first-order valence-corrected chi connectivity index (χ1v) is 4.55. The van der Waals surface area contributed by atoms with Crippen LogP contribution in [0.2, 0.25) is 0 Å². The molecule has 0 amide bonds. The normalized spacial score (nSPS) is 12.4. The Morgan fingerprint density at radius 2 is 1.50 bits per heavy atom. The number of hydrogen-bond acceptors (Lipinski definition) is 6. The Balaban J connectivity index is 3.84. The maximum absolute atomic E-state index is 8.55. The molecule has 0 atom stereocenters. The van der Waals surface area contributed by atoms with E-state index < -0.39 is 0 Å². The lowest BCUT2D eigenvalue weighted by Crippen LogP contribution is -2.49. The lowest BCUT2D eigenvalue weighted by atomic mass is 10.1. The largest absolute Gasteiger partial charge is 0.394 e. The standard InChI is InChI=1S/C8H20N2O4/c1-8(2,3)9-10(13-6-4-11)14-7-5-12/h9,11-12H,4-7H2,1-3H3. The summed E-state index contributed by atoms with van der Waals surface area (Å²) < 4.78 is 0. The van der Waals surface area contributed by atoms with Gasteiger partial charge in [0.2, 0.25) is 0 Å². The topological polar surface area (TPSA) is 74.2 Å². The number of rotatable bonds is 7. The summed E-state index contributed by atoms with van der Waals surface area (Å²) in [4.78, 5) is 10.0. The zero-order valence-corrected chi connectivity index (χ0v) is 8.99. The summed E-state index contributed by atoms with van der Waals surface area (Å²) in [5, 5.41) is 18.2. The molecule has 0 aromatic carbocycles. The molecule has 0 unspecified atom stereocenters. The van der Waals surface area contributed by atoms with Crippen molar-refractivity contribution in [3.05, 3.63) is 0 Å². The molecule has 0 aliphatic heterocycles. The number of aliphatic hydroxyl groups excluding tert-OH is 2. The zero-order valence-electron chi connectivity index (χ0n) is 8.99. The molecule has 0 heterocycles. The van der Waals surface area contributed by atoms with Crippen molar-refractivity contribution in [3.8, 4) is 0 Å². The van der Waals surface area contributed by atoms with E-state index in [1.54, 1.807) is 0 Å². The Hall–Kier alpha value is -0.240. The minimum Gasteiger partial charge on any atom is -0.394 e. The Morgan fingerprint density at radius 3 is 1.79 bits per heavy atom. The van der Waals surface area contributed by atoms with Crippen molar-refractivity contribution in [1.29, 1.82) is 0 Å². The van der Waals surface area contributed by atoms with E-state index in [4.69, 9.17) is 19.9 Å². The molecule has 0 aliphatic carbocycles. The molecule has 0 bridgehead atoms. The summed E-state index contributed by atoms with van der Waals surface area (Å²) in [5.74, 6) is 0. The third-order valence-corrected chi connectivity index (χ3v) is 1.03. The van der Waals surface area contributed by atoms with Gasteiger partial charge in [-0.3, -0.25) is 9.68 Å². The molecule has 0 saturated heterocycles. The van der Waals surface area contributed by atoms with Crippen molar-refractivity contribution in [1.82, 2.24) is 10.8 Å². The lowest BCUT2D eigenvalue weighted by Gasteiger charge is -2.28. The van der Waals surface area contributed by atoms with E-state index in [0.717, 1.165) is 5.34 Å². The molecule has 0 saturated carbocycles. The third kappa shape index (κ3) is 8.36. The van der Waals surface area contributed by atoms with E-state index in [1.807, 2.05) is 20.8 Å². The molecule has 6 nitrogen and oxygen atoms in total. The minimum atomic E-state index is -0.217. The van der Waals surface area contributed by atoms with E-state index in [0.29, 0.717) is 0 Å².